The van der Waals surface area contributed by atoms with Crippen LogP contribution in [0.5, 0.6) is 0 Å². The highest BCUT2D eigenvalue weighted by atomic mass is 32.1. The van der Waals surface area contributed by atoms with E-state index in [1.54, 1.807) is 34.7 Å². The second-order valence-electron chi connectivity index (χ2n) is 7.17. The minimum absolute atomic E-state index is 0.0123. The van der Waals surface area contributed by atoms with Gasteiger partial charge in [0.25, 0.3) is 5.91 Å². The van der Waals surface area contributed by atoms with Gasteiger partial charge in [-0.1, -0.05) is 0 Å². The molecule has 1 saturated heterocycles. The maximum atomic E-state index is 12.8. The van der Waals surface area contributed by atoms with E-state index < -0.39 is 0 Å². The Bertz CT molecular complexity index is 1320. The molecule has 4 aromatic rings. The van der Waals surface area contributed by atoms with E-state index in [0.29, 0.717) is 42.5 Å². The number of thiophene rings is 1. The summed E-state index contributed by atoms with van der Waals surface area (Å²) in [7, 11) is 0. The van der Waals surface area contributed by atoms with Gasteiger partial charge in [-0.2, -0.15) is 0 Å². The average molecular weight is 465 g/mol. The molecule has 3 N–H and O–H groups in total. The normalized spacial score (nSPS) is 15.1. The predicted octanol–water partition coefficient (Wildman–Crippen LogP) is 3.47. The molecule has 5 rings (SSSR count). The first-order chi connectivity index (χ1) is 15.7. The summed E-state index contributed by atoms with van der Waals surface area (Å²) in [6.07, 6.45) is 6.72. The molecule has 0 aliphatic carbocycles. The Morgan fingerprint density at radius 3 is 2.72 bits per heavy atom. The number of pyridine rings is 1. The van der Waals surface area contributed by atoms with Crippen molar-refractivity contribution >= 4 is 51.7 Å². The van der Waals surface area contributed by atoms with Gasteiger partial charge in [-0.05, 0) is 24.3 Å². The van der Waals surface area contributed by atoms with E-state index >= 15 is 0 Å². The highest BCUT2D eigenvalue weighted by Gasteiger charge is 2.21. The predicted molar refractivity (Wildman–Crippen MR) is 127 cm³/mol. The average Bonchev–Trinajstić information content (AvgIpc) is 3.60. The van der Waals surface area contributed by atoms with Gasteiger partial charge < -0.3 is 20.8 Å². The summed E-state index contributed by atoms with van der Waals surface area (Å²) in [5.74, 6) is -0.0123. The topological polar surface area (TPSA) is 110 Å². The maximum Gasteiger partial charge on any atom is 0.264 e. The van der Waals surface area contributed by atoms with Gasteiger partial charge in [0.05, 0.1) is 34.9 Å². The lowest BCUT2D eigenvalue weighted by atomic mass is 10.1. The summed E-state index contributed by atoms with van der Waals surface area (Å²) in [6.45, 7) is 2.30. The van der Waals surface area contributed by atoms with Crippen molar-refractivity contribution in [2.75, 3.05) is 26.3 Å². The molecule has 0 bridgehead atoms. The number of thiazole rings is 1. The van der Waals surface area contributed by atoms with E-state index in [-0.39, 0.29) is 5.91 Å². The van der Waals surface area contributed by atoms with E-state index in [1.807, 2.05) is 34.2 Å². The lowest BCUT2D eigenvalue weighted by molar-refractivity contribution is 0.0306. The number of morpholine rings is 1. The van der Waals surface area contributed by atoms with Crippen molar-refractivity contribution in [1.29, 1.82) is 5.41 Å². The number of aromatic nitrogens is 3. The molecule has 1 fully saturated rings. The molecule has 1 aliphatic heterocycles. The number of amides is 1. The van der Waals surface area contributed by atoms with Crippen LogP contribution in [0.4, 0.5) is 0 Å². The van der Waals surface area contributed by atoms with Gasteiger partial charge in [0.2, 0.25) is 0 Å². The second kappa shape index (κ2) is 8.65. The second-order valence-corrected chi connectivity index (χ2v) is 9.15. The van der Waals surface area contributed by atoms with Crippen molar-refractivity contribution in [2.45, 2.75) is 0 Å². The number of imidazole rings is 1. The minimum Gasteiger partial charge on any atom is -0.397 e. The number of ether oxygens (including phenoxy) is 1. The molecule has 0 atom stereocenters. The summed E-state index contributed by atoms with van der Waals surface area (Å²) in [5.41, 5.74) is 9.98. The summed E-state index contributed by atoms with van der Waals surface area (Å²) in [6, 6.07) is 7.43. The highest BCUT2D eigenvalue weighted by Crippen LogP contribution is 2.29. The van der Waals surface area contributed by atoms with Crippen LogP contribution in [0.1, 0.15) is 20.1 Å². The van der Waals surface area contributed by atoms with Crippen molar-refractivity contribution < 1.29 is 9.53 Å². The number of hydrogen-bond donors (Lipinski definition) is 2. The summed E-state index contributed by atoms with van der Waals surface area (Å²) >= 11 is 2.88. The Kier molecular flexibility index (Phi) is 5.56. The first-order valence-electron chi connectivity index (χ1n) is 10.0. The van der Waals surface area contributed by atoms with E-state index in [4.69, 9.17) is 15.9 Å². The van der Waals surface area contributed by atoms with E-state index in [1.165, 1.54) is 17.6 Å². The Morgan fingerprint density at radius 1 is 1.16 bits per heavy atom. The van der Waals surface area contributed by atoms with Gasteiger partial charge in [0.15, 0.2) is 0 Å². The zero-order valence-corrected chi connectivity index (χ0v) is 18.7. The first kappa shape index (κ1) is 20.6. The van der Waals surface area contributed by atoms with Crippen LogP contribution in [0.2, 0.25) is 0 Å². The summed E-state index contributed by atoms with van der Waals surface area (Å²) in [5, 5.41) is 10.8. The van der Waals surface area contributed by atoms with Crippen LogP contribution in [0.25, 0.3) is 27.6 Å². The largest absolute Gasteiger partial charge is 0.397 e. The van der Waals surface area contributed by atoms with Gasteiger partial charge in [0.1, 0.15) is 16.3 Å². The van der Waals surface area contributed by atoms with Gasteiger partial charge in [0, 0.05) is 48.2 Å². The van der Waals surface area contributed by atoms with Crippen LogP contribution in [0.3, 0.4) is 0 Å². The molecule has 5 heterocycles. The van der Waals surface area contributed by atoms with Crippen LogP contribution >= 0.6 is 22.7 Å². The molecule has 32 heavy (non-hydrogen) atoms. The van der Waals surface area contributed by atoms with Gasteiger partial charge in [-0.15, -0.1) is 22.7 Å². The fraction of sp³-hybridized carbons (Fsp3) is 0.182. The summed E-state index contributed by atoms with van der Waals surface area (Å²) in [4.78, 5) is 24.8. The van der Waals surface area contributed by atoms with E-state index in [9.17, 15) is 4.79 Å². The Labute approximate surface area is 192 Å². The number of carbonyl (C=O) groups excluding carboxylic acids is 1. The van der Waals surface area contributed by atoms with Gasteiger partial charge in [-0.3, -0.25) is 9.20 Å². The molecule has 8 nitrogen and oxygen atoms in total. The Hall–Kier alpha value is -3.34. The lowest BCUT2D eigenvalue weighted by Gasteiger charge is -2.26. The molecular weight excluding hydrogens is 444 g/mol. The zero-order chi connectivity index (χ0) is 22.1. The van der Waals surface area contributed by atoms with Crippen LogP contribution in [-0.4, -0.2) is 57.7 Å². The van der Waals surface area contributed by atoms with Gasteiger partial charge in [-0.25, -0.2) is 9.97 Å². The molecule has 1 aliphatic rings. The smallest absolute Gasteiger partial charge is 0.264 e. The standard InChI is InChI=1S/C22H20N6O2S2/c23-11-15(14-1-4-19-26-12-16(28(19)13-14)21-25-5-10-31-21)20(24)17-2-3-18(32-17)22(29)27-6-8-30-9-7-27/h1-5,10-13,23H,6-9,24H2. The lowest BCUT2D eigenvalue weighted by Crippen LogP contribution is -2.40. The summed E-state index contributed by atoms with van der Waals surface area (Å²) < 4.78 is 7.28. The molecule has 0 spiro atoms. The number of rotatable bonds is 5. The molecule has 0 saturated carbocycles. The molecule has 10 heteroatoms. The number of allylic oxidation sites excluding steroid dienone is 1. The number of fused-ring (bicyclic) bond motifs is 1. The molecule has 162 valence electrons. The fourth-order valence-electron chi connectivity index (χ4n) is 3.62. The SMILES string of the molecule is N=CC(=C(N)c1ccc(C(=O)N2CCOCC2)s1)c1ccc2ncc(-c3nccs3)n2c1. The zero-order valence-electron chi connectivity index (χ0n) is 17.0. The molecule has 0 unspecified atom stereocenters. The Balaban J connectivity index is 1.50. The van der Waals surface area contributed by atoms with Crippen molar-refractivity contribution in [3.63, 3.8) is 0 Å². The number of nitrogens with one attached hydrogen (secondary N) is 1. The third-order valence-corrected chi connectivity index (χ3v) is 7.19. The molecule has 0 aromatic carbocycles. The van der Waals surface area contributed by atoms with Crippen LogP contribution in [-0.2, 0) is 4.74 Å². The van der Waals surface area contributed by atoms with Crippen molar-refractivity contribution in [2.24, 2.45) is 5.73 Å². The highest BCUT2D eigenvalue weighted by molar-refractivity contribution is 7.15. The molecule has 0 radical (unpaired) electrons. The van der Waals surface area contributed by atoms with Gasteiger partial charge >= 0.3 is 0 Å². The number of carbonyl (C=O) groups is 1. The maximum absolute atomic E-state index is 12.8. The van der Waals surface area contributed by atoms with Crippen molar-refractivity contribution in [3.05, 3.63) is 63.6 Å². The monoisotopic (exact) mass is 464 g/mol. The fourth-order valence-corrected chi connectivity index (χ4v) is 5.21. The van der Waals surface area contributed by atoms with Crippen LogP contribution in [0.15, 0.2) is 48.2 Å². The quantitative estimate of drug-likeness (QED) is 0.440. The van der Waals surface area contributed by atoms with Crippen molar-refractivity contribution in [1.82, 2.24) is 19.3 Å². The molecule has 4 aromatic heterocycles. The number of nitrogens with two attached hydrogens (primary N) is 1. The number of nitrogens with zero attached hydrogens (tertiary/aromatic N) is 4. The molecular formula is C22H20N6O2S2. The first-order valence-corrected chi connectivity index (χ1v) is 11.7. The Morgan fingerprint density at radius 2 is 1.97 bits per heavy atom. The number of hydrogen-bond acceptors (Lipinski definition) is 8. The third kappa shape index (κ3) is 3.72. The van der Waals surface area contributed by atoms with Crippen LogP contribution in [0, 0.1) is 5.41 Å². The van der Waals surface area contributed by atoms with Crippen LogP contribution < -0.4 is 5.73 Å². The van der Waals surface area contributed by atoms with E-state index in [2.05, 4.69) is 9.97 Å². The minimum atomic E-state index is -0.0123. The van der Waals surface area contributed by atoms with Crippen molar-refractivity contribution in [3.8, 4) is 10.7 Å². The molecule has 1 amide bonds. The third-order valence-electron chi connectivity index (χ3n) is 5.28. The van der Waals surface area contributed by atoms with E-state index in [0.717, 1.165) is 26.8 Å².